The van der Waals surface area contributed by atoms with Crippen molar-refractivity contribution in [3.8, 4) is 11.1 Å². The van der Waals surface area contributed by atoms with Crippen LogP contribution in [0.5, 0.6) is 0 Å². The number of aryl methyl sites for hydroxylation is 3. The molecule has 166 valence electrons. The molecule has 3 rings (SSSR count). The van der Waals surface area contributed by atoms with E-state index in [2.05, 4.69) is 10.3 Å². The van der Waals surface area contributed by atoms with Crippen LogP contribution in [0.15, 0.2) is 66.9 Å². The number of carbonyl (C=O) groups excluding carboxylic acids is 1. The van der Waals surface area contributed by atoms with E-state index < -0.39 is 12.0 Å². The molecule has 0 radical (unpaired) electrons. The number of aromatic nitrogens is 1. The summed E-state index contributed by atoms with van der Waals surface area (Å²) in [6, 6.07) is 18.7. The highest BCUT2D eigenvalue weighted by atomic mass is 32.2. The lowest BCUT2D eigenvalue weighted by atomic mass is 9.92. The third kappa shape index (κ3) is 6.20. The first-order valence-corrected chi connectivity index (χ1v) is 12.0. The number of carbonyl (C=O) groups is 2. The van der Waals surface area contributed by atoms with Gasteiger partial charge in [0.1, 0.15) is 6.04 Å². The van der Waals surface area contributed by atoms with Crippen molar-refractivity contribution >= 4 is 23.6 Å². The summed E-state index contributed by atoms with van der Waals surface area (Å²) in [5.74, 6) is -0.723. The fourth-order valence-corrected chi connectivity index (χ4v) is 4.06. The number of pyridine rings is 1. The molecule has 1 heterocycles. The average molecular weight is 449 g/mol. The fraction of sp³-hybridized carbons (Fsp3) is 0.269. The van der Waals surface area contributed by atoms with E-state index in [9.17, 15) is 14.7 Å². The summed E-state index contributed by atoms with van der Waals surface area (Å²) in [4.78, 5) is 29.1. The van der Waals surface area contributed by atoms with Crippen molar-refractivity contribution < 1.29 is 14.7 Å². The molecule has 3 aromatic rings. The minimum Gasteiger partial charge on any atom is -0.480 e. The van der Waals surface area contributed by atoms with Gasteiger partial charge in [-0.25, -0.2) is 4.79 Å². The van der Waals surface area contributed by atoms with Crippen molar-refractivity contribution in [2.75, 3.05) is 12.0 Å². The number of hydrogen-bond acceptors (Lipinski definition) is 4. The highest BCUT2D eigenvalue weighted by Crippen LogP contribution is 2.29. The molecule has 2 aromatic carbocycles. The van der Waals surface area contributed by atoms with Crippen molar-refractivity contribution in [2.24, 2.45) is 0 Å². The van der Waals surface area contributed by atoms with Gasteiger partial charge in [0, 0.05) is 17.5 Å². The van der Waals surface area contributed by atoms with E-state index in [4.69, 9.17) is 0 Å². The molecule has 0 aliphatic rings. The lowest BCUT2D eigenvalue weighted by molar-refractivity contribution is -0.139. The monoisotopic (exact) mass is 448 g/mol. The predicted octanol–water partition coefficient (Wildman–Crippen LogP) is 4.78. The van der Waals surface area contributed by atoms with Gasteiger partial charge in [-0.1, -0.05) is 42.5 Å². The van der Waals surface area contributed by atoms with Gasteiger partial charge in [-0.05, 0) is 78.6 Å². The summed E-state index contributed by atoms with van der Waals surface area (Å²) in [5, 5.41) is 12.2. The van der Waals surface area contributed by atoms with Gasteiger partial charge in [0.2, 0.25) is 0 Å². The minimum atomic E-state index is -1.02. The van der Waals surface area contributed by atoms with Gasteiger partial charge >= 0.3 is 5.97 Å². The molecule has 32 heavy (non-hydrogen) atoms. The zero-order valence-electron chi connectivity index (χ0n) is 18.4. The fourth-order valence-electron chi connectivity index (χ4n) is 3.59. The quantitative estimate of drug-likeness (QED) is 0.467. The summed E-state index contributed by atoms with van der Waals surface area (Å²) in [6.45, 7) is 2.01. The number of carboxylic acids is 1. The lowest BCUT2D eigenvalue weighted by Gasteiger charge is -2.17. The van der Waals surface area contributed by atoms with Gasteiger partial charge in [-0.3, -0.25) is 9.78 Å². The number of carboxylic acid groups (broad SMARTS) is 1. The van der Waals surface area contributed by atoms with Gasteiger partial charge in [0.05, 0.1) is 0 Å². The van der Waals surface area contributed by atoms with Gasteiger partial charge in [0.25, 0.3) is 5.91 Å². The average Bonchev–Trinajstić information content (AvgIpc) is 2.81. The first kappa shape index (κ1) is 23.5. The second-order valence-corrected chi connectivity index (χ2v) is 8.65. The van der Waals surface area contributed by atoms with Crippen molar-refractivity contribution in [3.63, 3.8) is 0 Å². The summed E-state index contributed by atoms with van der Waals surface area (Å²) in [5.41, 5.74) is 5.44. The van der Waals surface area contributed by atoms with Gasteiger partial charge in [-0.2, -0.15) is 11.8 Å². The molecule has 0 fully saturated rings. The Morgan fingerprint density at radius 2 is 1.81 bits per heavy atom. The van der Waals surface area contributed by atoms with E-state index in [-0.39, 0.29) is 5.91 Å². The zero-order chi connectivity index (χ0) is 22.9. The molecule has 1 amide bonds. The molecule has 1 atom stereocenters. The zero-order valence-corrected chi connectivity index (χ0v) is 19.2. The maximum Gasteiger partial charge on any atom is 0.326 e. The standard InChI is InChI=1S/C26H28N2O3S/c1-18-7-3-4-9-21(18)23-17-19(10-12-20-8-5-6-15-27-20)11-13-22(23)25(29)28-24(26(30)31)14-16-32-2/h3-9,11,13,15,17,24H,10,12,14,16H2,1-2H3,(H,28,29)(H,30,31)/t24-/m0/s1. The van der Waals surface area contributed by atoms with Crippen LogP contribution in [0, 0.1) is 6.92 Å². The van der Waals surface area contributed by atoms with Crippen molar-refractivity contribution in [2.45, 2.75) is 32.2 Å². The highest BCUT2D eigenvalue weighted by Gasteiger charge is 2.22. The molecule has 0 bridgehead atoms. The molecule has 0 spiro atoms. The maximum atomic E-state index is 13.1. The molecule has 0 aliphatic heterocycles. The van der Waals surface area contributed by atoms with Crippen LogP contribution in [-0.4, -0.2) is 40.0 Å². The van der Waals surface area contributed by atoms with Crippen LogP contribution in [-0.2, 0) is 17.6 Å². The molecule has 0 saturated heterocycles. The normalized spacial score (nSPS) is 11.7. The smallest absolute Gasteiger partial charge is 0.326 e. The summed E-state index contributed by atoms with van der Waals surface area (Å²) in [7, 11) is 0. The first-order chi connectivity index (χ1) is 15.5. The third-order valence-corrected chi connectivity index (χ3v) is 6.02. The molecule has 0 aliphatic carbocycles. The molecule has 1 aromatic heterocycles. The Morgan fingerprint density at radius 3 is 2.50 bits per heavy atom. The molecule has 0 saturated carbocycles. The number of thioether (sulfide) groups is 1. The van der Waals surface area contributed by atoms with E-state index >= 15 is 0 Å². The van der Waals surface area contributed by atoms with E-state index in [0.717, 1.165) is 40.8 Å². The van der Waals surface area contributed by atoms with Crippen LogP contribution in [0.4, 0.5) is 0 Å². The second kappa shape index (κ2) is 11.5. The van der Waals surface area contributed by atoms with Crippen LogP contribution in [0.3, 0.4) is 0 Å². The van der Waals surface area contributed by atoms with Crippen LogP contribution in [0.25, 0.3) is 11.1 Å². The summed E-state index contributed by atoms with van der Waals surface area (Å²) >= 11 is 1.56. The molecule has 0 unspecified atom stereocenters. The molecular weight excluding hydrogens is 420 g/mol. The first-order valence-electron chi connectivity index (χ1n) is 10.6. The van der Waals surface area contributed by atoms with E-state index in [1.54, 1.807) is 24.0 Å². The number of rotatable bonds is 10. The Labute approximate surface area is 193 Å². The van der Waals surface area contributed by atoms with E-state index in [0.29, 0.717) is 17.7 Å². The molecular formula is C26H28N2O3S. The number of amides is 1. The van der Waals surface area contributed by atoms with Crippen molar-refractivity contribution in [1.82, 2.24) is 10.3 Å². The number of aliphatic carboxylic acids is 1. The lowest BCUT2D eigenvalue weighted by Crippen LogP contribution is -2.41. The van der Waals surface area contributed by atoms with Gasteiger partial charge in [0.15, 0.2) is 0 Å². The van der Waals surface area contributed by atoms with Crippen molar-refractivity contribution in [1.29, 1.82) is 0 Å². The van der Waals surface area contributed by atoms with Crippen LogP contribution >= 0.6 is 11.8 Å². The Bertz CT molecular complexity index is 1070. The van der Waals surface area contributed by atoms with E-state index in [1.807, 2.05) is 67.8 Å². The maximum absolute atomic E-state index is 13.1. The van der Waals surface area contributed by atoms with Crippen LogP contribution in [0.1, 0.15) is 33.6 Å². The Hall–Kier alpha value is -3.12. The number of nitrogens with zero attached hydrogens (tertiary/aromatic N) is 1. The van der Waals surface area contributed by atoms with Crippen LogP contribution < -0.4 is 5.32 Å². The number of benzene rings is 2. The SMILES string of the molecule is CSCC[C@H](NC(=O)c1ccc(CCc2ccccn2)cc1-c1ccccc1C)C(=O)O. The summed E-state index contributed by atoms with van der Waals surface area (Å²) in [6.07, 6.45) is 5.68. The predicted molar refractivity (Wildman–Crippen MR) is 130 cm³/mol. The highest BCUT2D eigenvalue weighted by molar-refractivity contribution is 7.98. The molecule has 2 N–H and O–H groups in total. The third-order valence-electron chi connectivity index (χ3n) is 5.37. The Kier molecular flexibility index (Phi) is 8.45. The number of hydrogen-bond donors (Lipinski definition) is 2. The summed E-state index contributed by atoms with van der Waals surface area (Å²) < 4.78 is 0. The molecule has 6 heteroatoms. The van der Waals surface area contributed by atoms with Crippen molar-refractivity contribution in [3.05, 3.63) is 89.2 Å². The molecule has 5 nitrogen and oxygen atoms in total. The number of nitrogens with one attached hydrogen (secondary N) is 1. The largest absolute Gasteiger partial charge is 0.480 e. The van der Waals surface area contributed by atoms with Crippen LogP contribution in [0.2, 0.25) is 0 Å². The minimum absolute atomic E-state index is 0.368. The Morgan fingerprint density at radius 1 is 1.03 bits per heavy atom. The van der Waals surface area contributed by atoms with Gasteiger partial charge < -0.3 is 10.4 Å². The Balaban J connectivity index is 1.91. The topological polar surface area (TPSA) is 79.3 Å². The second-order valence-electron chi connectivity index (χ2n) is 7.66. The van der Waals surface area contributed by atoms with Gasteiger partial charge in [-0.15, -0.1) is 0 Å². The van der Waals surface area contributed by atoms with E-state index in [1.165, 1.54) is 0 Å².